The Morgan fingerprint density at radius 2 is 1.43 bits per heavy atom. The zero-order chi connectivity index (χ0) is 20.8. The molecule has 0 saturated carbocycles. The number of aliphatic hydroxyl groups is 1. The van der Waals surface area contributed by atoms with E-state index in [-0.39, 0.29) is 12.2 Å². The van der Waals surface area contributed by atoms with Gasteiger partial charge in [-0.3, -0.25) is 0 Å². The Bertz CT molecular complexity index is 1020. The molecule has 0 spiro atoms. The minimum absolute atomic E-state index is 0.102. The highest BCUT2D eigenvalue weighted by Gasteiger charge is 2.43. The second-order valence-electron chi connectivity index (χ2n) is 7.08. The lowest BCUT2D eigenvalue weighted by Crippen LogP contribution is -2.39. The van der Waals surface area contributed by atoms with Crippen molar-refractivity contribution in [1.82, 2.24) is 0 Å². The van der Waals surface area contributed by atoms with Gasteiger partial charge in [-0.1, -0.05) is 78.9 Å². The monoisotopic (exact) mass is 434 g/mol. The molecular formula is C25H22O3S2. The summed E-state index contributed by atoms with van der Waals surface area (Å²) in [5.74, 6) is 0.766. The quantitative estimate of drug-likeness (QED) is 0.348. The third kappa shape index (κ3) is 4.74. The van der Waals surface area contributed by atoms with Crippen molar-refractivity contribution in [3.63, 3.8) is 0 Å². The third-order valence-corrected chi connectivity index (χ3v) is 7.31. The van der Waals surface area contributed by atoms with E-state index in [1.807, 2.05) is 91.0 Å². The van der Waals surface area contributed by atoms with Crippen molar-refractivity contribution in [1.29, 1.82) is 0 Å². The van der Waals surface area contributed by atoms with E-state index < -0.39 is 11.6 Å². The lowest BCUT2D eigenvalue weighted by atomic mass is 9.89. The number of esters is 1. The standard InChI is InChI=1S/C25H22O3S2/c26-22-16-25(20-12-6-2-7-13-20,18-30-21-14-8-3-9-15-21)28-24(27)23(22)29-17-19-10-4-1-5-11-19/h1-15,26H,16-18H2. The molecule has 1 unspecified atom stereocenters. The van der Waals surface area contributed by atoms with Crippen molar-refractivity contribution < 1.29 is 14.6 Å². The Morgan fingerprint density at radius 3 is 2.07 bits per heavy atom. The first kappa shape index (κ1) is 20.6. The molecule has 3 nitrogen and oxygen atoms in total. The van der Waals surface area contributed by atoms with E-state index in [1.54, 1.807) is 11.8 Å². The van der Waals surface area contributed by atoms with Crippen LogP contribution < -0.4 is 0 Å². The molecule has 1 aliphatic heterocycles. The molecule has 3 aromatic carbocycles. The molecule has 152 valence electrons. The smallest absolute Gasteiger partial charge is 0.349 e. The highest BCUT2D eigenvalue weighted by molar-refractivity contribution is 8.03. The molecule has 0 fully saturated rings. The molecule has 1 heterocycles. The second-order valence-corrected chi connectivity index (χ2v) is 9.11. The molecule has 1 atom stereocenters. The van der Waals surface area contributed by atoms with Crippen LogP contribution in [-0.2, 0) is 20.9 Å². The number of rotatable bonds is 7. The Balaban J connectivity index is 1.58. The molecular weight excluding hydrogens is 412 g/mol. The van der Waals surface area contributed by atoms with Gasteiger partial charge in [-0.2, -0.15) is 0 Å². The SMILES string of the molecule is O=C1OC(CSc2ccccc2)(c2ccccc2)CC(O)=C1SCc1ccccc1. The van der Waals surface area contributed by atoms with Gasteiger partial charge in [0.25, 0.3) is 0 Å². The average molecular weight is 435 g/mol. The van der Waals surface area contributed by atoms with Crippen molar-refractivity contribution in [2.75, 3.05) is 5.75 Å². The van der Waals surface area contributed by atoms with Gasteiger partial charge in [-0.05, 0) is 23.3 Å². The minimum atomic E-state index is -0.903. The van der Waals surface area contributed by atoms with Gasteiger partial charge in [0.2, 0.25) is 0 Å². The molecule has 4 rings (SSSR count). The molecule has 5 heteroatoms. The van der Waals surface area contributed by atoms with Gasteiger partial charge in [-0.15, -0.1) is 23.5 Å². The number of thioether (sulfide) groups is 2. The van der Waals surface area contributed by atoms with E-state index in [4.69, 9.17) is 4.74 Å². The van der Waals surface area contributed by atoms with Gasteiger partial charge in [0, 0.05) is 16.4 Å². The summed E-state index contributed by atoms with van der Waals surface area (Å²) in [5, 5.41) is 10.9. The lowest BCUT2D eigenvalue weighted by molar-refractivity contribution is -0.156. The van der Waals surface area contributed by atoms with E-state index in [0.717, 1.165) is 16.0 Å². The molecule has 30 heavy (non-hydrogen) atoms. The van der Waals surface area contributed by atoms with Crippen LogP contribution in [0, 0.1) is 0 Å². The van der Waals surface area contributed by atoms with Gasteiger partial charge in [0.05, 0.1) is 6.42 Å². The molecule has 1 aliphatic rings. The van der Waals surface area contributed by atoms with E-state index in [9.17, 15) is 9.90 Å². The summed E-state index contributed by atoms with van der Waals surface area (Å²) in [4.78, 5) is 14.4. The van der Waals surface area contributed by atoms with Crippen molar-refractivity contribution >= 4 is 29.5 Å². The van der Waals surface area contributed by atoms with E-state index >= 15 is 0 Å². The average Bonchev–Trinajstić information content (AvgIpc) is 2.79. The van der Waals surface area contributed by atoms with E-state index in [0.29, 0.717) is 16.4 Å². The highest BCUT2D eigenvalue weighted by atomic mass is 32.2. The molecule has 3 aromatic rings. The van der Waals surface area contributed by atoms with Crippen LogP contribution in [0.3, 0.4) is 0 Å². The zero-order valence-corrected chi connectivity index (χ0v) is 18.0. The first-order chi connectivity index (χ1) is 14.7. The number of ether oxygens (including phenoxy) is 1. The summed E-state index contributed by atoms with van der Waals surface area (Å²) < 4.78 is 6.05. The van der Waals surface area contributed by atoms with Crippen LogP contribution in [0.1, 0.15) is 17.5 Å². The van der Waals surface area contributed by atoms with Gasteiger partial charge in [0.1, 0.15) is 10.7 Å². The molecule has 0 saturated heterocycles. The maximum absolute atomic E-state index is 13.0. The number of carbonyl (C=O) groups excluding carboxylic acids is 1. The first-order valence-electron chi connectivity index (χ1n) is 9.72. The summed E-state index contributed by atoms with van der Waals surface area (Å²) in [7, 11) is 0. The predicted octanol–water partition coefficient (Wildman–Crippen LogP) is 6.32. The van der Waals surface area contributed by atoms with E-state index in [1.165, 1.54) is 11.8 Å². The maximum Gasteiger partial charge on any atom is 0.349 e. The van der Waals surface area contributed by atoms with Gasteiger partial charge in [-0.25, -0.2) is 4.79 Å². The lowest BCUT2D eigenvalue weighted by Gasteiger charge is -2.37. The third-order valence-electron chi connectivity index (χ3n) is 4.93. The number of hydrogen-bond donors (Lipinski definition) is 1. The number of aliphatic hydroxyl groups excluding tert-OH is 1. The number of carbonyl (C=O) groups is 1. The van der Waals surface area contributed by atoms with Gasteiger partial charge >= 0.3 is 5.97 Å². The number of cyclic esters (lactones) is 1. The van der Waals surface area contributed by atoms with Crippen molar-refractivity contribution in [3.05, 3.63) is 113 Å². The van der Waals surface area contributed by atoms with Crippen LogP contribution in [0.5, 0.6) is 0 Å². The Morgan fingerprint density at radius 1 is 0.833 bits per heavy atom. The fourth-order valence-corrected chi connectivity index (χ4v) is 5.36. The molecule has 0 aliphatic carbocycles. The van der Waals surface area contributed by atoms with Crippen LogP contribution in [0.25, 0.3) is 0 Å². The largest absolute Gasteiger partial charge is 0.511 e. The fourth-order valence-electron chi connectivity index (χ4n) is 3.38. The predicted molar refractivity (Wildman–Crippen MR) is 123 cm³/mol. The van der Waals surface area contributed by atoms with Crippen LogP contribution in [0.2, 0.25) is 0 Å². The van der Waals surface area contributed by atoms with Crippen LogP contribution >= 0.6 is 23.5 Å². The molecule has 0 bridgehead atoms. The highest BCUT2D eigenvalue weighted by Crippen LogP contribution is 2.44. The summed E-state index contributed by atoms with van der Waals surface area (Å²) in [6, 6.07) is 29.6. The van der Waals surface area contributed by atoms with Crippen LogP contribution in [-0.4, -0.2) is 16.8 Å². The molecule has 0 radical (unpaired) electrons. The molecule has 1 N–H and O–H groups in total. The Labute approximate surface area is 185 Å². The zero-order valence-electron chi connectivity index (χ0n) is 16.4. The summed E-state index contributed by atoms with van der Waals surface area (Å²) in [5.41, 5.74) is 1.08. The van der Waals surface area contributed by atoms with Gasteiger partial charge < -0.3 is 9.84 Å². The minimum Gasteiger partial charge on any atom is -0.511 e. The second kappa shape index (κ2) is 9.45. The number of benzene rings is 3. The molecule has 0 amide bonds. The van der Waals surface area contributed by atoms with Crippen molar-refractivity contribution in [2.45, 2.75) is 22.7 Å². The molecule has 0 aromatic heterocycles. The van der Waals surface area contributed by atoms with Crippen LogP contribution in [0.4, 0.5) is 0 Å². The normalized spacial score (nSPS) is 18.9. The van der Waals surface area contributed by atoms with Crippen molar-refractivity contribution in [2.24, 2.45) is 0 Å². The first-order valence-corrected chi connectivity index (χ1v) is 11.7. The van der Waals surface area contributed by atoms with E-state index in [2.05, 4.69) is 0 Å². The summed E-state index contributed by atoms with van der Waals surface area (Å²) >= 11 is 2.94. The summed E-state index contributed by atoms with van der Waals surface area (Å²) in [6.45, 7) is 0. The van der Waals surface area contributed by atoms with Crippen LogP contribution in [0.15, 0.2) is 107 Å². The Kier molecular flexibility index (Phi) is 6.50. The maximum atomic E-state index is 13.0. The fraction of sp³-hybridized carbons (Fsp3) is 0.160. The summed E-state index contributed by atoms with van der Waals surface area (Å²) in [6.07, 6.45) is 0.264. The van der Waals surface area contributed by atoms with Gasteiger partial charge in [0.15, 0.2) is 5.60 Å². The number of hydrogen-bond acceptors (Lipinski definition) is 5. The van der Waals surface area contributed by atoms with Crippen molar-refractivity contribution in [3.8, 4) is 0 Å². The Hall–Kier alpha value is -2.63. The topological polar surface area (TPSA) is 46.5 Å².